The van der Waals surface area contributed by atoms with Crippen molar-refractivity contribution >= 4 is 12.0 Å². The standard InChI is InChI=1S/C12H14N2O4/c15-10(9-2-5-17-6-9)14-4-1-3-12(8-14)7-13-11(16)18-12/h2,5-6H,1,3-4,7-8H2,(H,13,16). The lowest BCUT2D eigenvalue weighted by Crippen LogP contribution is -2.52. The number of hydrogen-bond donors (Lipinski definition) is 1. The van der Waals surface area contributed by atoms with E-state index in [1.165, 1.54) is 12.5 Å². The molecule has 1 unspecified atom stereocenters. The molecule has 2 saturated heterocycles. The highest BCUT2D eigenvalue weighted by atomic mass is 16.6. The fourth-order valence-electron chi connectivity index (χ4n) is 2.57. The second kappa shape index (κ2) is 4.04. The third-order valence-corrected chi connectivity index (χ3v) is 3.46. The number of nitrogens with one attached hydrogen (secondary N) is 1. The molecule has 2 aliphatic heterocycles. The number of rotatable bonds is 1. The van der Waals surface area contributed by atoms with Crippen molar-refractivity contribution in [3.8, 4) is 0 Å². The fourth-order valence-corrected chi connectivity index (χ4v) is 2.57. The first-order chi connectivity index (χ1) is 8.69. The molecule has 1 atom stereocenters. The molecule has 3 rings (SSSR count). The number of carbonyl (C=O) groups is 2. The first kappa shape index (κ1) is 11.1. The number of furan rings is 1. The molecule has 3 heterocycles. The van der Waals surface area contributed by atoms with Crippen molar-refractivity contribution < 1.29 is 18.7 Å². The lowest BCUT2D eigenvalue weighted by atomic mass is 9.93. The van der Waals surface area contributed by atoms with E-state index in [4.69, 9.17) is 9.15 Å². The van der Waals surface area contributed by atoms with Gasteiger partial charge in [0.2, 0.25) is 0 Å². The highest BCUT2D eigenvalue weighted by Gasteiger charge is 2.44. The van der Waals surface area contributed by atoms with E-state index in [0.29, 0.717) is 25.2 Å². The number of hydrogen-bond acceptors (Lipinski definition) is 4. The molecular weight excluding hydrogens is 236 g/mol. The number of ether oxygens (including phenoxy) is 1. The Morgan fingerprint density at radius 2 is 2.39 bits per heavy atom. The van der Waals surface area contributed by atoms with Gasteiger partial charge in [0.1, 0.15) is 11.9 Å². The minimum atomic E-state index is -0.547. The van der Waals surface area contributed by atoms with Crippen molar-refractivity contribution in [2.24, 2.45) is 0 Å². The number of alkyl carbamates (subject to hydrolysis) is 1. The summed E-state index contributed by atoms with van der Waals surface area (Å²) in [6, 6.07) is 1.64. The summed E-state index contributed by atoms with van der Waals surface area (Å²) in [5, 5.41) is 2.66. The Balaban J connectivity index is 1.75. The summed E-state index contributed by atoms with van der Waals surface area (Å²) in [5.41, 5.74) is -0.0151. The first-order valence-electron chi connectivity index (χ1n) is 5.97. The van der Waals surface area contributed by atoms with Gasteiger partial charge < -0.3 is 19.4 Å². The topological polar surface area (TPSA) is 71.8 Å². The van der Waals surface area contributed by atoms with E-state index in [9.17, 15) is 9.59 Å². The van der Waals surface area contributed by atoms with E-state index in [-0.39, 0.29) is 5.91 Å². The molecule has 0 radical (unpaired) electrons. The zero-order chi connectivity index (χ0) is 12.6. The van der Waals surface area contributed by atoms with Crippen LogP contribution in [0.2, 0.25) is 0 Å². The third-order valence-electron chi connectivity index (χ3n) is 3.46. The lowest BCUT2D eigenvalue weighted by molar-refractivity contribution is -0.00506. The maximum absolute atomic E-state index is 12.2. The number of nitrogens with zero attached hydrogens (tertiary/aromatic N) is 1. The summed E-state index contributed by atoms with van der Waals surface area (Å²) < 4.78 is 10.2. The van der Waals surface area contributed by atoms with E-state index in [1.807, 2.05) is 0 Å². The van der Waals surface area contributed by atoms with Crippen LogP contribution >= 0.6 is 0 Å². The van der Waals surface area contributed by atoms with Gasteiger partial charge in [-0.2, -0.15) is 0 Å². The van der Waals surface area contributed by atoms with Gasteiger partial charge in [0, 0.05) is 6.54 Å². The number of likely N-dealkylation sites (tertiary alicyclic amines) is 1. The molecule has 1 aromatic heterocycles. The molecule has 1 aromatic rings. The van der Waals surface area contributed by atoms with Gasteiger partial charge in [0.05, 0.1) is 24.9 Å². The molecule has 6 nitrogen and oxygen atoms in total. The van der Waals surface area contributed by atoms with E-state index in [2.05, 4.69) is 5.32 Å². The summed E-state index contributed by atoms with van der Waals surface area (Å²) in [6.45, 7) is 1.60. The van der Waals surface area contributed by atoms with Crippen molar-refractivity contribution in [1.82, 2.24) is 10.2 Å². The molecule has 96 valence electrons. The number of piperidine rings is 1. The van der Waals surface area contributed by atoms with Gasteiger partial charge in [0.15, 0.2) is 0 Å². The maximum Gasteiger partial charge on any atom is 0.407 e. The Kier molecular flexibility index (Phi) is 2.50. The lowest BCUT2D eigenvalue weighted by Gasteiger charge is -2.37. The molecule has 0 bridgehead atoms. The maximum atomic E-state index is 12.2. The van der Waals surface area contributed by atoms with Crippen LogP contribution in [0.3, 0.4) is 0 Å². The SMILES string of the molecule is O=C1NCC2(CCCN(C(=O)c3ccoc3)C2)O1. The molecule has 1 spiro atoms. The van der Waals surface area contributed by atoms with Gasteiger partial charge in [-0.15, -0.1) is 0 Å². The summed E-state index contributed by atoms with van der Waals surface area (Å²) in [5.74, 6) is -0.0780. The molecule has 0 saturated carbocycles. The second-order valence-corrected chi connectivity index (χ2v) is 4.77. The Labute approximate surface area is 104 Å². The Hall–Kier alpha value is -1.98. The van der Waals surface area contributed by atoms with Crippen molar-refractivity contribution in [3.63, 3.8) is 0 Å². The van der Waals surface area contributed by atoms with Crippen LogP contribution < -0.4 is 5.32 Å². The predicted octanol–water partition coefficient (Wildman–Crippen LogP) is 0.994. The van der Waals surface area contributed by atoms with Gasteiger partial charge in [-0.05, 0) is 18.9 Å². The van der Waals surface area contributed by atoms with Gasteiger partial charge in [-0.25, -0.2) is 4.79 Å². The fraction of sp³-hybridized carbons (Fsp3) is 0.500. The van der Waals surface area contributed by atoms with Crippen molar-refractivity contribution in [2.45, 2.75) is 18.4 Å². The number of amides is 2. The average molecular weight is 250 g/mol. The van der Waals surface area contributed by atoms with Crippen molar-refractivity contribution in [1.29, 1.82) is 0 Å². The highest BCUT2D eigenvalue weighted by Crippen LogP contribution is 2.28. The van der Waals surface area contributed by atoms with Crippen LogP contribution in [0.5, 0.6) is 0 Å². The first-order valence-corrected chi connectivity index (χ1v) is 5.97. The largest absolute Gasteiger partial charge is 0.472 e. The molecule has 2 fully saturated rings. The minimum Gasteiger partial charge on any atom is -0.472 e. The van der Waals surface area contributed by atoms with Gasteiger partial charge in [0.25, 0.3) is 5.91 Å². The van der Waals surface area contributed by atoms with Gasteiger partial charge in [-0.1, -0.05) is 0 Å². The van der Waals surface area contributed by atoms with Gasteiger partial charge in [-0.3, -0.25) is 4.79 Å². The monoisotopic (exact) mass is 250 g/mol. The van der Waals surface area contributed by atoms with E-state index >= 15 is 0 Å². The average Bonchev–Trinajstić information content (AvgIpc) is 2.99. The van der Waals surface area contributed by atoms with E-state index in [0.717, 1.165) is 12.8 Å². The smallest absolute Gasteiger partial charge is 0.407 e. The minimum absolute atomic E-state index is 0.0780. The summed E-state index contributed by atoms with van der Waals surface area (Å²) >= 11 is 0. The van der Waals surface area contributed by atoms with Crippen LogP contribution in [0.1, 0.15) is 23.2 Å². The summed E-state index contributed by atoms with van der Waals surface area (Å²) in [4.78, 5) is 25.1. The molecule has 2 amide bonds. The molecule has 1 N–H and O–H groups in total. The third kappa shape index (κ3) is 1.83. The molecular formula is C12H14N2O4. The molecule has 0 aromatic carbocycles. The molecule has 0 aliphatic carbocycles. The predicted molar refractivity (Wildman–Crippen MR) is 61.1 cm³/mol. The van der Waals surface area contributed by atoms with Crippen LogP contribution in [0.4, 0.5) is 4.79 Å². The summed E-state index contributed by atoms with van der Waals surface area (Å²) in [7, 11) is 0. The quantitative estimate of drug-likeness (QED) is 0.807. The summed E-state index contributed by atoms with van der Waals surface area (Å²) in [6.07, 6.45) is 4.14. The Bertz CT molecular complexity index is 470. The van der Waals surface area contributed by atoms with Crippen LogP contribution in [-0.4, -0.2) is 42.1 Å². The van der Waals surface area contributed by atoms with Gasteiger partial charge >= 0.3 is 6.09 Å². The van der Waals surface area contributed by atoms with Crippen molar-refractivity contribution in [2.75, 3.05) is 19.6 Å². The van der Waals surface area contributed by atoms with Crippen LogP contribution in [0, 0.1) is 0 Å². The molecule has 6 heteroatoms. The molecule has 18 heavy (non-hydrogen) atoms. The van der Waals surface area contributed by atoms with Crippen LogP contribution in [0.25, 0.3) is 0 Å². The Morgan fingerprint density at radius 1 is 1.50 bits per heavy atom. The van der Waals surface area contributed by atoms with E-state index in [1.54, 1.807) is 11.0 Å². The van der Waals surface area contributed by atoms with Crippen LogP contribution in [-0.2, 0) is 4.74 Å². The molecule has 2 aliphatic rings. The Morgan fingerprint density at radius 3 is 3.06 bits per heavy atom. The highest BCUT2D eigenvalue weighted by molar-refractivity contribution is 5.94. The second-order valence-electron chi connectivity index (χ2n) is 4.77. The van der Waals surface area contributed by atoms with Crippen LogP contribution in [0.15, 0.2) is 23.0 Å². The normalized spacial score (nSPS) is 27.1. The van der Waals surface area contributed by atoms with E-state index < -0.39 is 11.7 Å². The zero-order valence-corrected chi connectivity index (χ0v) is 9.85. The van der Waals surface area contributed by atoms with Crippen molar-refractivity contribution in [3.05, 3.63) is 24.2 Å². The zero-order valence-electron chi connectivity index (χ0n) is 9.85. The number of carbonyl (C=O) groups excluding carboxylic acids is 2.